The van der Waals surface area contributed by atoms with Gasteiger partial charge in [-0.3, -0.25) is 0 Å². The van der Waals surface area contributed by atoms with Crippen LogP contribution in [0.15, 0.2) is 36.5 Å². The summed E-state index contributed by atoms with van der Waals surface area (Å²) in [7, 11) is 0. The van der Waals surface area contributed by atoms with Crippen LogP contribution < -0.4 is 5.73 Å². The molecule has 0 aliphatic carbocycles. The molecule has 5 nitrogen and oxygen atoms in total. The van der Waals surface area contributed by atoms with Crippen molar-refractivity contribution in [1.82, 2.24) is 0 Å². The van der Waals surface area contributed by atoms with Crippen LogP contribution in [0.25, 0.3) is 0 Å². The number of nitrogens with two attached hydrogens (primary N) is 1. The molecular formula is C10H9NO4. The number of hydrogen-bond acceptors (Lipinski definition) is 5. The van der Waals surface area contributed by atoms with Crippen molar-refractivity contribution in [3.63, 3.8) is 0 Å². The normalized spacial score (nSPS) is 9.33. The fourth-order valence-electron chi connectivity index (χ4n) is 0.851. The Kier molecular flexibility index (Phi) is 3.07. The molecule has 1 aromatic carbocycles. The summed E-state index contributed by atoms with van der Waals surface area (Å²) >= 11 is 0. The maximum absolute atomic E-state index is 11.3. The van der Waals surface area contributed by atoms with Crippen molar-refractivity contribution in [2.45, 2.75) is 0 Å². The lowest BCUT2D eigenvalue weighted by atomic mass is 10.2. The van der Waals surface area contributed by atoms with Gasteiger partial charge in [0.25, 0.3) is 0 Å². The summed E-state index contributed by atoms with van der Waals surface area (Å²) in [4.78, 5) is 22.2. The molecule has 0 saturated heterocycles. The van der Waals surface area contributed by atoms with Crippen LogP contribution >= 0.6 is 0 Å². The second kappa shape index (κ2) is 4.28. The molecule has 78 valence electrons. The van der Waals surface area contributed by atoms with Crippen LogP contribution in [0.5, 0.6) is 5.75 Å². The molecule has 3 N–H and O–H groups in total. The van der Waals surface area contributed by atoms with Crippen LogP contribution in [0.2, 0.25) is 0 Å². The van der Waals surface area contributed by atoms with E-state index in [4.69, 9.17) is 5.73 Å². The second-order valence-corrected chi connectivity index (χ2v) is 2.72. The van der Waals surface area contributed by atoms with Crippen LogP contribution in [-0.4, -0.2) is 17.0 Å². The SMILES string of the molecule is C=C(N)C(=O)OC(=O)c1ccccc1O. The van der Waals surface area contributed by atoms with Crippen molar-refractivity contribution in [2.24, 2.45) is 5.73 Å². The smallest absolute Gasteiger partial charge is 0.361 e. The van der Waals surface area contributed by atoms with E-state index < -0.39 is 11.9 Å². The fourth-order valence-corrected chi connectivity index (χ4v) is 0.851. The number of para-hydroxylation sites is 1. The summed E-state index contributed by atoms with van der Waals surface area (Å²) in [5.74, 6) is -2.26. The third-order valence-corrected chi connectivity index (χ3v) is 1.57. The zero-order valence-corrected chi connectivity index (χ0v) is 7.77. The Morgan fingerprint density at radius 2 is 1.93 bits per heavy atom. The van der Waals surface area contributed by atoms with E-state index in [9.17, 15) is 14.7 Å². The highest BCUT2D eigenvalue weighted by molar-refractivity contribution is 6.02. The number of rotatable bonds is 2. The number of phenolic OH excluding ortho intramolecular Hbond substituents is 1. The van der Waals surface area contributed by atoms with E-state index in [0.29, 0.717) is 0 Å². The Bertz CT molecular complexity index is 425. The largest absolute Gasteiger partial charge is 0.507 e. The predicted molar refractivity (Wildman–Crippen MR) is 51.9 cm³/mol. The Hall–Kier alpha value is -2.30. The summed E-state index contributed by atoms with van der Waals surface area (Å²) in [5, 5.41) is 9.27. The monoisotopic (exact) mass is 207 g/mol. The van der Waals surface area contributed by atoms with Gasteiger partial charge in [-0.1, -0.05) is 18.7 Å². The van der Waals surface area contributed by atoms with Gasteiger partial charge in [0.1, 0.15) is 17.0 Å². The molecule has 1 rings (SSSR count). The molecule has 0 atom stereocenters. The molecule has 0 heterocycles. The van der Waals surface area contributed by atoms with Crippen molar-refractivity contribution < 1.29 is 19.4 Å². The summed E-state index contributed by atoms with van der Waals surface area (Å²) in [6.45, 7) is 3.11. The van der Waals surface area contributed by atoms with Gasteiger partial charge in [-0.05, 0) is 12.1 Å². The van der Waals surface area contributed by atoms with Gasteiger partial charge in [0.15, 0.2) is 0 Å². The molecule has 1 aromatic rings. The molecular weight excluding hydrogens is 198 g/mol. The maximum Gasteiger partial charge on any atom is 0.361 e. The Morgan fingerprint density at radius 3 is 2.47 bits per heavy atom. The first-order valence-electron chi connectivity index (χ1n) is 4.01. The van der Waals surface area contributed by atoms with E-state index in [1.807, 2.05) is 0 Å². The Labute approximate surface area is 85.8 Å². The number of phenols is 1. The number of aromatic hydroxyl groups is 1. The van der Waals surface area contributed by atoms with E-state index >= 15 is 0 Å². The number of esters is 2. The van der Waals surface area contributed by atoms with Crippen LogP contribution in [-0.2, 0) is 9.53 Å². The fraction of sp³-hybridized carbons (Fsp3) is 0. The average molecular weight is 207 g/mol. The molecule has 0 spiro atoms. The summed E-state index contributed by atoms with van der Waals surface area (Å²) in [6.07, 6.45) is 0. The first-order valence-corrected chi connectivity index (χ1v) is 4.01. The zero-order valence-electron chi connectivity index (χ0n) is 7.77. The van der Waals surface area contributed by atoms with Gasteiger partial charge in [-0.15, -0.1) is 0 Å². The van der Waals surface area contributed by atoms with Gasteiger partial charge >= 0.3 is 11.9 Å². The highest BCUT2D eigenvalue weighted by Crippen LogP contribution is 2.16. The van der Waals surface area contributed by atoms with Gasteiger partial charge < -0.3 is 15.6 Å². The summed E-state index contributed by atoms with van der Waals surface area (Å²) < 4.78 is 4.32. The van der Waals surface area contributed by atoms with Crippen molar-refractivity contribution in [1.29, 1.82) is 0 Å². The molecule has 0 aliphatic rings. The molecule has 15 heavy (non-hydrogen) atoms. The van der Waals surface area contributed by atoms with Crippen LogP contribution in [0.3, 0.4) is 0 Å². The van der Waals surface area contributed by atoms with Crippen molar-refractivity contribution in [2.75, 3.05) is 0 Å². The van der Waals surface area contributed by atoms with Gasteiger partial charge in [0, 0.05) is 0 Å². The lowest BCUT2D eigenvalue weighted by Gasteiger charge is -2.03. The number of carbonyl (C=O) groups is 2. The quantitative estimate of drug-likeness (QED) is 0.420. The highest BCUT2D eigenvalue weighted by atomic mass is 16.6. The number of benzene rings is 1. The summed E-state index contributed by atoms with van der Waals surface area (Å²) in [5.41, 5.74) is 4.54. The molecule has 0 radical (unpaired) electrons. The van der Waals surface area contributed by atoms with E-state index in [2.05, 4.69) is 11.3 Å². The van der Waals surface area contributed by atoms with Gasteiger partial charge in [-0.2, -0.15) is 0 Å². The van der Waals surface area contributed by atoms with E-state index in [0.717, 1.165) is 0 Å². The standard InChI is InChI=1S/C10H9NO4/c1-6(11)9(13)15-10(14)7-4-2-3-5-8(7)12/h2-5,12H,1,11H2. The molecule has 5 heteroatoms. The predicted octanol–water partition coefficient (Wildman–Crippen LogP) is 0.548. The minimum absolute atomic E-state index is 0.105. The van der Waals surface area contributed by atoms with E-state index in [1.54, 1.807) is 0 Å². The van der Waals surface area contributed by atoms with Crippen molar-refractivity contribution in [3.05, 3.63) is 42.1 Å². The van der Waals surface area contributed by atoms with Crippen LogP contribution in [0.1, 0.15) is 10.4 Å². The first kappa shape index (κ1) is 10.8. The molecule has 0 fully saturated rings. The lowest BCUT2D eigenvalue weighted by molar-refractivity contribution is -0.133. The van der Waals surface area contributed by atoms with Gasteiger partial charge in [0.05, 0.1) is 0 Å². The van der Waals surface area contributed by atoms with Crippen LogP contribution in [0.4, 0.5) is 0 Å². The number of ether oxygens (including phenoxy) is 1. The van der Waals surface area contributed by atoms with E-state index in [-0.39, 0.29) is 17.0 Å². The molecule has 0 saturated carbocycles. The minimum Gasteiger partial charge on any atom is -0.507 e. The van der Waals surface area contributed by atoms with Gasteiger partial charge in [0.2, 0.25) is 0 Å². The van der Waals surface area contributed by atoms with Crippen LogP contribution in [0, 0.1) is 0 Å². The Morgan fingerprint density at radius 1 is 1.33 bits per heavy atom. The zero-order chi connectivity index (χ0) is 11.4. The topological polar surface area (TPSA) is 89.6 Å². The highest BCUT2D eigenvalue weighted by Gasteiger charge is 2.16. The number of hydrogen-bond donors (Lipinski definition) is 2. The second-order valence-electron chi connectivity index (χ2n) is 2.72. The average Bonchev–Trinajstić information content (AvgIpc) is 2.18. The minimum atomic E-state index is -1.02. The molecule has 0 aromatic heterocycles. The van der Waals surface area contributed by atoms with E-state index in [1.165, 1.54) is 24.3 Å². The lowest BCUT2D eigenvalue weighted by Crippen LogP contribution is -2.18. The third-order valence-electron chi connectivity index (χ3n) is 1.57. The molecule has 0 amide bonds. The molecule has 0 unspecified atom stereocenters. The van der Waals surface area contributed by atoms with Crippen molar-refractivity contribution >= 4 is 11.9 Å². The first-order chi connectivity index (χ1) is 7.02. The third kappa shape index (κ3) is 2.57. The van der Waals surface area contributed by atoms with Gasteiger partial charge in [-0.25, -0.2) is 9.59 Å². The molecule has 0 bridgehead atoms. The summed E-state index contributed by atoms with van der Waals surface area (Å²) in [6, 6.07) is 5.69. The Balaban J connectivity index is 2.83. The number of carbonyl (C=O) groups excluding carboxylic acids is 2. The maximum atomic E-state index is 11.3. The van der Waals surface area contributed by atoms with Crippen molar-refractivity contribution in [3.8, 4) is 5.75 Å². The molecule has 0 aliphatic heterocycles.